The molecule has 0 aliphatic carbocycles. The molecule has 2 aromatic heterocycles. The van der Waals surface area contributed by atoms with Crippen molar-refractivity contribution in [2.75, 3.05) is 13.7 Å². The molecular weight excluding hydrogens is 302 g/mol. The van der Waals surface area contributed by atoms with E-state index in [0.717, 1.165) is 42.3 Å². The van der Waals surface area contributed by atoms with E-state index in [2.05, 4.69) is 40.3 Å². The Morgan fingerprint density at radius 2 is 2.12 bits per heavy atom. The maximum atomic E-state index is 5.56. The molecule has 3 heterocycles. The molecular formula is C19H19N3O2. The van der Waals surface area contributed by atoms with Crippen LogP contribution in [0.5, 0.6) is 5.75 Å². The van der Waals surface area contributed by atoms with Crippen molar-refractivity contribution < 1.29 is 9.26 Å². The predicted octanol–water partition coefficient (Wildman–Crippen LogP) is 3.30. The van der Waals surface area contributed by atoms with Crippen LogP contribution in [0.25, 0.3) is 11.3 Å². The Kier molecular flexibility index (Phi) is 4.01. The summed E-state index contributed by atoms with van der Waals surface area (Å²) in [6, 6.07) is 12.3. The van der Waals surface area contributed by atoms with Gasteiger partial charge in [0.15, 0.2) is 5.76 Å². The van der Waals surface area contributed by atoms with Crippen molar-refractivity contribution >= 4 is 0 Å². The molecule has 1 aliphatic heterocycles. The maximum Gasteiger partial charge on any atom is 0.151 e. The summed E-state index contributed by atoms with van der Waals surface area (Å²) in [6.07, 6.45) is 4.54. The van der Waals surface area contributed by atoms with Crippen LogP contribution in [0.15, 0.2) is 53.3 Å². The molecule has 1 aromatic carbocycles. The molecule has 122 valence electrons. The normalized spacial score (nSPS) is 13.1. The van der Waals surface area contributed by atoms with Crippen LogP contribution < -0.4 is 4.74 Å². The number of ether oxygens (including phenoxy) is 1. The van der Waals surface area contributed by atoms with Crippen LogP contribution in [0.1, 0.15) is 16.9 Å². The van der Waals surface area contributed by atoms with Crippen LogP contribution in [0.4, 0.5) is 0 Å². The number of rotatable bonds is 5. The van der Waals surface area contributed by atoms with E-state index in [1.54, 1.807) is 12.4 Å². The summed E-state index contributed by atoms with van der Waals surface area (Å²) in [5, 5.41) is 4.14. The van der Waals surface area contributed by atoms with Crippen LogP contribution in [0.3, 0.4) is 0 Å². The van der Waals surface area contributed by atoms with Crippen LogP contribution in [-0.2, 0) is 19.5 Å². The quantitative estimate of drug-likeness (QED) is 0.721. The molecule has 24 heavy (non-hydrogen) atoms. The minimum Gasteiger partial charge on any atom is -0.493 e. The van der Waals surface area contributed by atoms with Crippen molar-refractivity contribution in [1.29, 1.82) is 0 Å². The van der Waals surface area contributed by atoms with Crippen molar-refractivity contribution in [2.24, 2.45) is 0 Å². The summed E-state index contributed by atoms with van der Waals surface area (Å²) in [7, 11) is 2.08. The van der Waals surface area contributed by atoms with Crippen molar-refractivity contribution in [3.63, 3.8) is 0 Å². The molecule has 5 heteroatoms. The smallest absolute Gasteiger partial charge is 0.151 e. The van der Waals surface area contributed by atoms with Crippen LogP contribution in [-0.4, -0.2) is 28.7 Å². The third kappa shape index (κ3) is 3.16. The molecule has 0 unspecified atom stereocenters. The SMILES string of the molecule is CN(Cc1ccc2c(c1)CCO2)Cc1cc(-c2cccnc2)no1. The van der Waals surface area contributed by atoms with Crippen molar-refractivity contribution in [3.8, 4) is 17.0 Å². The molecule has 0 spiro atoms. The fraction of sp³-hybridized carbons (Fsp3) is 0.263. The average Bonchev–Trinajstić information content (AvgIpc) is 3.24. The molecule has 0 atom stereocenters. The van der Waals surface area contributed by atoms with E-state index >= 15 is 0 Å². The zero-order valence-corrected chi connectivity index (χ0v) is 13.6. The van der Waals surface area contributed by atoms with Gasteiger partial charge in [-0.15, -0.1) is 0 Å². The van der Waals surface area contributed by atoms with E-state index in [4.69, 9.17) is 9.26 Å². The van der Waals surface area contributed by atoms with Gasteiger partial charge in [-0.2, -0.15) is 0 Å². The highest BCUT2D eigenvalue weighted by Gasteiger charge is 2.14. The highest BCUT2D eigenvalue weighted by atomic mass is 16.5. The van der Waals surface area contributed by atoms with E-state index in [1.165, 1.54) is 11.1 Å². The number of benzene rings is 1. The first-order chi connectivity index (χ1) is 11.8. The second kappa shape index (κ2) is 6.45. The zero-order valence-electron chi connectivity index (χ0n) is 13.6. The Morgan fingerprint density at radius 1 is 1.17 bits per heavy atom. The Balaban J connectivity index is 1.41. The predicted molar refractivity (Wildman–Crippen MR) is 90.5 cm³/mol. The Morgan fingerprint density at radius 3 is 3.00 bits per heavy atom. The van der Waals surface area contributed by atoms with E-state index < -0.39 is 0 Å². The van der Waals surface area contributed by atoms with E-state index in [-0.39, 0.29) is 0 Å². The van der Waals surface area contributed by atoms with Gasteiger partial charge >= 0.3 is 0 Å². The number of pyridine rings is 1. The summed E-state index contributed by atoms with van der Waals surface area (Å²) in [5.74, 6) is 1.87. The molecule has 0 bridgehead atoms. The van der Waals surface area contributed by atoms with Crippen molar-refractivity contribution in [2.45, 2.75) is 19.5 Å². The van der Waals surface area contributed by atoms with Gasteiger partial charge in [-0.3, -0.25) is 9.88 Å². The lowest BCUT2D eigenvalue weighted by molar-refractivity contribution is 0.267. The minimum absolute atomic E-state index is 0.709. The Bertz CT molecular complexity index is 830. The largest absolute Gasteiger partial charge is 0.493 e. The van der Waals surface area contributed by atoms with Crippen molar-refractivity contribution in [1.82, 2.24) is 15.0 Å². The molecule has 5 nitrogen and oxygen atoms in total. The minimum atomic E-state index is 0.709. The van der Waals surface area contributed by atoms with E-state index in [9.17, 15) is 0 Å². The molecule has 0 saturated carbocycles. The van der Waals surface area contributed by atoms with Gasteiger partial charge in [0.2, 0.25) is 0 Å². The van der Waals surface area contributed by atoms with E-state index in [1.807, 2.05) is 18.2 Å². The van der Waals surface area contributed by atoms with Crippen molar-refractivity contribution in [3.05, 3.63) is 65.7 Å². The van der Waals surface area contributed by atoms with E-state index in [0.29, 0.717) is 6.54 Å². The van der Waals surface area contributed by atoms with Gasteiger partial charge in [0, 0.05) is 37.0 Å². The number of fused-ring (bicyclic) bond motifs is 1. The van der Waals surface area contributed by atoms with Gasteiger partial charge in [0.1, 0.15) is 11.4 Å². The van der Waals surface area contributed by atoms with Crippen LogP contribution >= 0.6 is 0 Å². The number of nitrogens with zero attached hydrogens (tertiary/aromatic N) is 3. The second-order valence-electron chi connectivity index (χ2n) is 6.13. The first-order valence-corrected chi connectivity index (χ1v) is 8.07. The van der Waals surface area contributed by atoms with Gasteiger partial charge < -0.3 is 9.26 Å². The Hall–Kier alpha value is -2.66. The van der Waals surface area contributed by atoms with Gasteiger partial charge in [-0.05, 0) is 36.4 Å². The fourth-order valence-corrected chi connectivity index (χ4v) is 3.01. The second-order valence-corrected chi connectivity index (χ2v) is 6.13. The number of hydrogen-bond acceptors (Lipinski definition) is 5. The lowest BCUT2D eigenvalue weighted by Gasteiger charge is -2.15. The molecule has 4 rings (SSSR count). The van der Waals surface area contributed by atoms with Crippen LogP contribution in [0.2, 0.25) is 0 Å². The summed E-state index contributed by atoms with van der Waals surface area (Å²) in [5.41, 5.74) is 4.38. The molecule has 1 aliphatic rings. The Labute approximate surface area is 140 Å². The third-order valence-corrected chi connectivity index (χ3v) is 4.15. The summed E-state index contributed by atoms with van der Waals surface area (Å²) in [6.45, 7) is 2.36. The standard InChI is InChI=1S/C19H19N3O2/c1-22(12-14-4-5-19-15(9-14)6-8-23-19)13-17-10-18(21-24-17)16-3-2-7-20-11-16/h2-5,7,9-11H,6,8,12-13H2,1H3. The zero-order chi connectivity index (χ0) is 16.4. The lowest BCUT2D eigenvalue weighted by Crippen LogP contribution is -2.16. The average molecular weight is 321 g/mol. The van der Waals surface area contributed by atoms with Gasteiger partial charge in [-0.25, -0.2) is 0 Å². The first-order valence-electron chi connectivity index (χ1n) is 8.07. The van der Waals surface area contributed by atoms with Gasteiger partial charge in [0.05, 0.1) is 13.2 Å². The topological polar surface area (TPSA) is 51.4 Å². The van der Waals surface area contributed by atoms with Gasteiger partial charge in [-0.1, -0.05) is 17.3 Å². The molecule has 0 saturated heterocycles. The maximum absolute atomic E-state index is 5.56. The molecule has 3 aromatic rings. The lowest BCUT2D eigenvalue weighted by atomic mass is 10.1. The van der Waals surface area contributed by atoms with Gasteiger partial charge in [0.25, 0.3) is 0 Å². The number of hydrogen-bond donors (Lipinski definition) is 0. The highest BCUT2D eigenvalue weighted by Crippen LogP contribution is 2.26. The summed E-state index contributed by atoms with van der Waals surface area (Å²) in [4.78, 5) is 6.33. The highest BCUT2D eigenvalue weighted by molar-refractivity contribution is 5.57. The number of aromatic nitrogens is 2. The summed E-state index contributed by atoms with van der Waals surface area (Å²) >= 11 is 0. The third-order valence-electron chi connectivity index (χ3n) is 4.15. The fourth-order valence-electron chi connectivity index (χ4n) is 3.01. The molecule has 0 radical (unpaired) electrons. The molecule has 0 amide bonds. The first kappa shape index (κ1) is 14.9. The monoisotopic (exact) mass is 321 g/mol. The molecule has 0 fully saturated rings. The summed E-state index contributed by atoms with van der Waals surface area (Å²) < 4.78 is 11.0. The molecule has 0 N–H and O–H groups in total. The van der Waals surface area contributed by atoms with Crippen LogP contribution in [0, 0.1) is 0 Å².